The average Bonchev–Trinajstić information content (AvgIpc) is 3.88. The molecule has 0 radical (unpaired) electrons. The number of esters is 1. The van der Waals surface area contributed by atoms with E-state index in [0.717, 1.165) is 16.0 Å². The van der Waals surface area contributed by atoms with Gasteiger partial charge < -0.3 is 43.9 Å². The van der Waals surface area contributed by atoms with Gasteiger partial charge in [-0.05, 0) is 76.5 Å². The first-order chi connectivity index (χ1) is 31.2. The number of amides is 6. The summed E-state index contributed by atoms with van der Waals surface area (Å²) in [6.07, 6.45) is 5.32. The van der Waals surface area contributed by atoms with E-state index in [4.69, 9.17) is 35.3 Å². The smallest absolute Gasteiger partial charge is 0.409 e. The van der Waals surface area contributed by atoms with Gasteiger partial charge in [-0.3, -0.25) is 34.2 Å². The number of rotatable bonds is 11. The molecule has 1 saturated carbocycles. The molecule has 4 bridgehead atoms. The van der Waals surface area contributed by atoms with Crippen molar-refractivity contribution in [2.45, 2.75) is 121 Å². The molecule has 19 heteroatoms. The summed E-state index contributed by atoms with van der Waals surface area (Å²) in [5.41, 5.74) is -1.08. The molecular weight excluding hydrogens is 878 g/mol. The third-order valence-corrected chi connectivity index (χ3v) is 14.1. The summed E-state index contributed by atoms with van der Waals surface area (Å²) in [4.78, 5) is 95.1. The van der Waals surface area contributed by atoms with Crippen molar-refractivity contribution < 1.29 is 62.4 Å². The van der Waals surface area contributed by atoms with Gasteiger partial charge in [-0.1, -0.05) is 42.3 Å². The maximum Gasteiger partial charge on any atom is 0.409 e. The maximum atomic E-state index is 14.3. The molecule has 18 nitrogen and oxygen atoms in total. The number of imide groups is 1. The molecule has 3 fully saturated rings. The Morgan fingerprint density at radius 1 is 1.09 bits per heavy atom. The van der Waals surface area contributed by atoms with Crippen LogP contribution in [0.5, 0.6) is 5.75 Å². The molecule has 2 unspecified atom stereocenters. The van der Waals surface area contributed by atoms with E-state index in [9.17, 15) is 38.7 Å². The van der Waals surface area contributed by atoms with Crippen LogP contribution in [0.2, 0.25) is 5.02 Å². The van der Waals surface area contributed by atoms with E-state index in [0.29, 0.717) is 50.1 Å². The number of nitrogens with zero attached hydrogens (tertiary/aromatic N) is 3. The Balaban J connectivity index is 1.16. The maximum absolute atomic E-state index is 14.3. The minimum Gasteiger partial charge on any atom is -0.495 e. The van der Waals surface area contributed by atoms with Crippen molar-refractivity contribution in [3.8, 4) is 5.75 Å². The Labute approximate surface area is 389 Å². The number of methoxy groups -OCH3 is 2. The standard InChI is InChI=1S/C47H62ClN5O13/c1-26-10-9-11-35(63-8)47(61)24-34(64-45(60)50-47)27(2)42-46(4,66-42)36(23-40(57)52(6)32-21-30(20-26)22-33(62-7)41(32)48)65-44(59)28(3)51(5)43(58)31-14-12-29(13-15-31)25-49-37(54)18-19-53-38(55)16-17-39(53)56/h9-11,16-17,21-22,27-29,31,34-36,42,61H,12-15,18-20,23-25H2,1-8H3,(H,49,54)(H,50,60)/b11-9+,26-10+/t27?,28-,29?,31?,34-,35+,36-,42?,46-,47-/m0/s1. The van der Waals surface area contributed by atoms with E-state index in [1.165, 1.54) is 43.2 Å². The number of alkyl carbamates (subject to hydrolysis) is 1. The summed E-state index contributed by atoms with van der Waals surface area (Å²) >= 11 is 6.81. The molecule has 1 aromatic carbocycles. The van der Waals surface area contributed by atoms with Gasteiger partial charge in [-0.15, -0.1) is 0 Å². The lowest BCUT2D eigenvalue weighted by Crippen LogP contribution is -2.63. The number of anilines is 1. The molecule has 5 aliphatic rings. The number of likely N-dealkylation sites (N-methyl/N-ethyl adjacent to an activating group) is 1. The molecule has 8 atom stereocenters. The van der Waals surface area contributed by atoms with Gasteiger partial charge in [0.25, 0.3) is 11.8 Å². The number of aliphatic hydroxyl groups is 1. The molecule has 1 aliphatic carbocycles. The largest absolute Gasteiger partial charge is 0.495 e. The number of fused-ring (bicyclic) bond motifs is 5. The normalized spacial score (nSPS) is 32.0. The summed E-state index contributed by atoms with van der Waals surface area (Å²) in [5.74, 6) is -3.12. The Bertz CT molecular complexity index is 2150. The fourth-order valence-corrected chi connectivity index (χ4v) is 9.62. The van der Waals surface area contributed by atoms with Crippen LogP contribution in [0, 0.1) is 17.8 Å². The van der Waals surface area contributed by atoms with Crippen LogP contribution in [-0.2, 0) is 54.1 Å². The van der Waals surface area contributed by atoms with Crippen LogP contribution < -0.4 is 20.3 Å². The van der Waals surface area contributed by atoms with Crippen molar-refractivity contribution in [2.75, 3.05) is 46.3 Å². The van der Waals surface area contributed by atoms with Crippen molar-refractivity contribution in [1.29, 1.82) is 0 Å². The number of hydrogen-bond donors (Lipinski definition) is 3. The van der Waals surface area contributed by atoms with Gasteiger partial charge in [0.1, 0.15) is 40.7 Å². The van der Waals surface area contributed by atoms with Gasteiger partial charge in [-0.2, -0.15) is 0 Å². The second-order valence-electron chi connectivity index (χ2n) is 18.3. The van der Waals surface area contributed by atoms with Crippen LogP contribution in [0.3, 0.4) is 0 Å². The second-order valence-corrected chi connectivity index (χ2v) is 18.7. The number of hydrogen-bond acceptors (Lipinski definition) is 13. The van der Waals surface area contributed by atoms with E-state index < -0.39 is 77.5 Å². The lowest BCUT2D eigenvalue weighted by molar-refractivity contribution is -0.163. The number of allylic oxidation sites excluding steroid dienone is 3. The third-order valence-electron chi connectivity index (χ3n) is 13.7. The Hall–Kier alpha value is -5.30. The second kappa shape index (κ2) is 20.7. The van der Waals surface area contributed by atoms with Gasteiger partial charge >= 0.3 is 12.1 Å². The number of benzene rings is 1. The van der Waals surface area contributed by atoms with Gasteiger partial charge in [0.05, 0.1) is 25.3 Å². The zero-order valence-electron chi connectivity index (χ0n) is 38.8. The monoisotopic (exact) mass is 939 g/mol. The molecule has 360 valence electrons. The van der Waals surface area contributed by atoms with Crippen LogP contribution in [0.15, 0.2) is 48.1 Å². The van der Waals surface area contributed by atoms with E-state index in [1.54, 1.807) is 52.1 Å². The minimum absolute atomic E-state index is 0.00377. The number of ether oxygens (including phenoxy) is 5. The summed E-state index contributed by atoms with van der Waals surface area (Å²) in [6, 6.07) is 2.50. The van der Waals surface area contributed by atoms with Crippen molar-refractivity contribution in [2.24, 2.45) is 17.8 Å². The van der Waals surface area contributed by atoms with Crippen molar-refractivity contribution >= 4 is 58.9 Å². The summed E-state index contributed by atoms with van der Waals surface area (Å²) in [7, 11) is 5.99. The van der Waals surface area contributed by atoms with Gasteiger partial charge in [0, 0.05) is 71.1 Å². The molecule has 2 saturated heterocycles. The highest BCUT2D eigenvalue weighted by Gasteiger charge is 2.64. The SMILES string of the molecule is COc1cc2cc(c1Cl)N(C)C(=O)C[C@H](OC(=O)[C@H](C)N(C)C(=O)C1CCC(CNC(=O)CCN3C(=O)C=CC3=O)CC1)[C@]1(C)OC1C(C)[C@@H]1C[C@@](O)(NC(=O)O1)[C@H](OC)/C=C/C=C(\C)C2. The van der Waals surface area contributed by atoms with E-state index in [2.05, 4.69) is 10.6 Å². The molecule has 6 rings (SSSR count). The topological polar surface area (TPSA) is 223 Å². The number of epoxide rings is 1. The molecule has 0 spiro atoms. The summed E-state index contributed by atoms with van der Waals surface area (Å²) in [5, 5.41) is 17.4. The predicted octanol–water partition coefficient (Wildman–Crippen LogP) is 3.75. The molecule has 6 amide bonds. The highest BCUT2D eigenvalue weighted by Crippen LogP contribution is 2.49. The number of nitrogens with one attached hydrogen (secondary N) is 2. The van der Waals surface area contributed by atoms with Crippen LogP contribution in [-0.4, -0.2) is 140 Å². The molecule has 1 aromatic rings. The molecule has 0 aromatic heterocycles. The van der Waals surface area contributed by atoms with Crippen molar-refractivity contribution in [3.63, 3.8) is 0 Å². The van der Waals surface area contributed by atoms with Crippen molar-refractivity contribution in [1.82, 2.24) is 20.4 Å². The van der Waals surface area contributed by atoms with Gasteiger partial charge in [-0.25, -0.2) is 9.59 Å². The van der Waals surface area contributed by atoms with Crippen LogP contribution in [0.4, 0.5) is 10.5 Å². The first-order valence-corrected chi connectivity index (χ1v) is 22.7. The summed E-state index contributed by atoms with van der Waals surface area (Å²) < 4.78 is 29.5. The zero-order chi connectivity index (χ0) is 48.2. The molecule has 3 N–H and O–H groups in total. The molecule has 4 aliphatic heterocycles. The lowest BCUT2D eigenvalue weighted by atomic mass is 9.81. The van der Waals surface area contributed by atoms with Crippen LogP contribution in [0.25, 0.3) is 0 Å². The first kappa shape index (κ1) is 50.1. The van der Waals surface area contributed by atoms with E-state index in [1.807, 2.05) is 13.0 Å². The number of carbonyl (C=O) groups is 7. The fraction of sp³-hybridized carbons (Fsp3) is 0.596. The van der Waals surface area contributed by atoms with Gasteiger partial charge in [0.15, 0.2) is 5.72 Å². The highest BCUT2D eigenvalue weighted by atomic mass is 35.5. The quantitative estimate of drug-likeness (QED) is 0.164. The lowest BCUT2D eigenvalue weighted by Gasteiger charge is -2.42. The molecule has 4 heterocycles. The fourth-order valence-electron chi connectivity index (χ4n) is 9.31. The minimum atomic E-state index is -1.86. The third kappa shape index (κ3) is 11.1. The Morgan fingerprint density at radius 3 is 2.42 bits per heavy atom. The Morgan fingerprint density at radius 2 is 1.77 bits per heavy atom. The summed E-state index contributed by atoms with van der Waals surface area (Å²) in [6.45, 7) is 7.34. The number of carbonyl (C=O) groups excluding carboxylic acids is 7. The predicted molar refractivity (Wildman–Crippen MR) is 240 cm³/mol. The molecule has 66 heavy (non-hydrogen) atoms. The van der Waals surface area contributed by atoms with E-state index in [-0.39, 0.29) is 54.5 Å². The van der Waals surface area contributed by atoms with Gasteiger partial charge in [0.2, 0.25) is 17.7 Å². The Kier molecular flexibility index (Phi) is 15.7. The van der Waals surface area contributed by atoms with E-state index >= 15 is 0 Å². The van der Waals surface area contributed by atoms with Crippen molar-refractivity contribution in [3.05, 3.63) is 58.7 Å². The van der Waals surface area contributed by atoms with Crippen LogP contribution in [0.1, 0.15) is 78.2 Å². The highest BCUT2D eigenvalue weighted by molar-refractivity contribution is 6.35. The number of halogens is 1. The zero-order valence-corrected chi connectivity index (χ0v) is 39.6. The molecular formula is C47H62ClN5O13. The first-order valence-electron chi connectivity index (χ1n) is 22.4. The average molecular weight is 940 g/mol. The van der Waals surface area contributed by atoms with Crippen LogP contribution >= 0.6 is 11.6 Å².